The molecule has 2 N–H and O–H groups in total. The molecule has 8 heteroatoms. The Kier molecular flexibility index (Phi) is 7.55. The standard InChI is InChI=1S/C37H61NO7/c1-21-18-23(31(33(5,6)41)43-22(2)39)44-29-28(21)34(7)14-15-37-20-36(37)13-12-26(45-27-19-38(9)16-17-42-27)32(3,4)24(36)10-11-25(37)35(34,8)30(29)40/h21,23-31,40-41H,10-20H2,1-9H3/t21-,23?,24+,25?,26+,27+,28+,29?,30+,31+,34-,35-,36-,37+/m1/s1. The third-order valence-electron chi connectivity index (χ3n) is 15.6. The number of likely N-dealkylation sites (N-methyl/N-ethyl adjacent to an activating group) is 1. The van der Waals surface area contributed by atoms with Crippen LogP contribution < -0.4 is 0 Å². The van der Waals surface area contributed by atoms with Crippen molar-refractivity contribution in [3.05, 3.63) is 0 Å². The van der Waals surface area contributed by atoms with Gasteiger partial charge in [0.25, 0.3) is 0 Å². The first-order chi connectivity index (χ1) is 20.9. The van der Waals surface area contributed by atoms with E-state index in [1.807, 2.05) is 0 Å². The number of fused-ring (bicyclic) bond motifs is 4. The van der Waals surface area contributed by atoms with Crippen LogP contribution in [0.3, 0.4) is 0 Å². The van der Waals surface area contributed by atoms with Crippen LogP contribution in [0.25, 0.3) is 0 Å². The van der Waals surface area contributed by atoms with Crippen LogP contribution in [0.4, 0.5) is 0 Å². The van der Waals surface area contributed by atoms with Gasteiger partial charge in [-0.05, 0) is 118 Å². The van der Waals surface area contributed by atoms with E-state index in [1.54, 1.807) is 13.8 Å². The van der Waals surface area contributed by atoms with Gasteiger partial charge in [0.05, 0.1) is 36.6 Å². The lowest BCUT2D eigenvalue weighted by atomic mass is 9.41. The summed E-state index contributed by atoms with van der Waals surface area (Å²) in [6.07, 6.45) is 6.89. The van der Waals surface area contributed by atoms with Gasteiger partial charge in [0.1, 0.15) is 0 Å². The van der Waals surface area contributed by atoms with Crippen LogP contribution in [-0.2, 0) is 23.7 Å². The molecule has 3 unspecified atom stereocenters. The van der Waals surface area contributed by atoms with Crippen molar-refractivity contribution < 1.29 is 34.0 Å². The van der Waals surface area contributed by atoms with E-state index in [2.05, 4.69) is 46.6 Å². The van der Waals surface area contributed by atoms with Gasteiger partial charge in [-0.1, -0.05) is 34.6 Å². The highest BCUT2D eigenvalue weighted by atomic mass is 16.7. The Bertz CT molecular complexity index is 1190. The molecule has 5 saturated carbocycles. The summed E-state index contributed by atoms with van der Waals surface area (Å²) < 4.78 is 25.4. The number of esters is 1. The lowest BCUT2D eigenvalue weighted by molar-refractivity contribution is -0.247. The minimum Gasteiger partial charge on any atom is -0.457 e. The molecule has 2 heterocycles. The predicted octanol–water partition coefficient (Wildman–Crippen LogP) is 5.18. The fourth-order valence-electron chi connectivity index (χ4n) is 13.6. The summed E-state index contributed by atoms with van der Waals surface area (Å²) in [6, 6.07) is 0. The van der Waals surface area contributed by atoms with E-state index in [4.69, 9.17) is 18.9 Å². The van der Waals surface area contributed by atoms with E-state index < -0.39 is 29.9 Å². The Morgan fingerprint density at radius 1 is 1.04 bits per heavy atom. The van der Waals surface area contributed by atoms with Crippen LogP contribution in [-0.4, -0.2) is 90.2 Å². The van der Waals surface area contributed by atoms with Crippen molar-refractivity contribution in [3.63, 3.8) is 0 Å². The number of hydrogen-bond donors (Lipinski definition) is 2. The number of morpholine rings is 1. The van der Waals surface area contributed by atoms with Crippen LogP contribution in [0.5, 0.6) is 0 Å². The summed E-state index contributed by atoms with van der Waals surface area (Å²) in [6.45, 7) is 19.4. The molecule has 0 aromatic carbocycles. The zero-order valence-electron chi connectivity index (χ0n) is 29.4. The summed E-state index contributed by atoms with van der Waals surface area (Å²) in [7, 11) is 2.15. The fourth-order valence-corrected chi connectivity index (χ4v) is 13.6. The number of carbonyl (C=O) groups excluding carboxylic acids is 1. The van der Waals surface area contributed by atoms with E-state index in [0.717, 1.165) is 39.0 Å². The van der Waals surface area contributed by atoms with E-state index in [1.165, 1.54) is 32.6 Å². The number of aliphatic hydroxyl groups excluding tert-OH is 1. The first kappa shape index (κ1) is 32.8. The second-order valence-corrected chi connectivity index (χ2v) is 18.4. The topological polar surface area (TPSA) is 97.7 Å². The molecule has 2 spiro atoms. The SMILES string of the molecule is CC(=O)O[C@@H](C1C[C@@H](C)[C@H]2C(O1)[C@H](O)[C@@]1(C)C3CC[C@H]4C(C)(C)[C@@H](O[C@H]5CN(C)CCO5)CC[C@@]45C[C@@]35CC[C@]21C)C(C)(C)O. The van der Waals surface area contributed by atoms with Gasteiger partial charge in [-0.3, -0.25) is 9.69 Å². The number of ether oxygens (including phenoxy) is 4. The number of rotatable bonds is 5. The van der Waals surface area contributed by atoms with Crippen LogP contribution in [0.15, 0.2) is 0 Å². The molecule has 2 aliphatic heterocycles. The second kappa shape index (κ2) is 10.4. The third-order valence-corrected chi connectivity index (χ3v) is 15.6. The predicted molar refractivity (Wildman–Crippen MR) is 170 cm³/mol. The van der Waals surface area contributed by atoms with Gasteiger partial charge in [0, 0.05) is 25.4 Å². The zero-order valence-corrected chi connectivity index (χ0v) is 29.4. The molecule has 256 valence electrons. The number of hydrogen-bond acceptors (Lipinski definition) is 8. The van der Waals surface area contributed by atoms with Crippen LogP contribution in [0.2, 0.25) is 0 Å². The van der Waals surface area contributed by atoms with Gasteiger partial charge in [-0.15, -0.1) is 0 Å². The molecule has 7 rings (SSSR count). The lowest BCUT2D eigenvalue weighted by Gasteiger charge is -2.64. The van der Waals surface area contributed by atoms with Crippen molar-refractivity contribution in [1.82, 2.24) is 4.90 Å². The summed E-state index contributed by atoms with van der Waals surface area (Å²) in [5.74, 6) is 1.16. The molecule has 7 fully saturated rings. The quantitative estimate of drug-likeness (QED) is 0.401. The first-order valence-corrected chi connectivity index (χ1v) is 18.1. The number of aliphatic hydroxyl groups is 2. The fraction of sp³-hybridized carbons (Fsp3) is 0.973. The molecule has 0 aromatic rings. The molecule has 0 bridgehead atoms. The van der Waals surface area contributed by atoms with Gasteiger partial charge in [0.2, 0.25) is 0 Å². The van der Waals surface area contributed by atoms with Crippen molar-refractivity contribution in [2.45, 2.75) is 149 Å². The van der Waals surface area contributed by atoms with E-state index in [-0.39, 0.29) is 52.0 Å². The Morgan fingerprint density at radius 3 is 2.40 bits per heavy atom. The highest BCUT2D eigenvalue weighted by Crippen LogP contribution is 2.89. The third kappa shape index (κ3) is 4.40. The van der Waals surface area contributed by atoms with Gasteiger partial charge in [-0.2, -0.15) is 0 Å². The molecule has 0 amide bonds. The normalized spacial score (nSPS) is 52.8. The summed E-state index contributed by atoms with van der Waals surface area (Å²) >= 11 is 0. The summed E-state index contributed by atoms with van der Waals surface area (Å²) in [4.78, 5) is 14.4. The Labute approximate surface area is 271 Å². The van der Waals surface area contributed by atoms with Crippen molar-refractivity contribution >= 4 is 5.97 Å². The Balaban J connectivity index is 1.15. The maximum Gasteiger partial charge on any atom is 0.303 e. The van der Waals surface area contributed by atoms with E-state index in [0.29, 0.717) is 23.7 Å². The largest absolute Gasteiger partial charge is 0.457 e. The molecule has 2 saturated heterocycles. The Hall–Kier alpha value is -0.770. The highest BCUT2D eigenvalue weighted by Gasteiger charge is 2.84. The maximum absolute atomic E-state index is 12.5. The molecule has 5 aliphatic carbocycles. The minimum atomic E-state index is -1.25. The van der Waals surface area contributed by atoms with Crippen molar-refractivity contribution in [2.75, 3.05) is 26.7 Å². The number of carbonyl (C=O) groups is 1. The average Bonchev–Trinajstić information content (AvgIpc) is 3.57. The second-order valence-electron chi connectivity index (χ2n) is 18.4. The van der Waals surface area contributed by atoms with Crippen LogP contribution >= 0.6 is 0 Å². The molecular formula is C37H61NO7. The van der Waals surface area contributed by atoms with E-state index >= 15 is 0 Å². The molecule has 14 atom stereocenters. The average molecular weight is 632 g/mol. The monoisotopic (exact) mass is 631 g/mol. The van der Waals surface area contributed by atoms with Gasteiger partial charge < -0.3 is 29.2 Å². The highest BCUT2D eigenvalue weighted by molar-refractivity contribution is 5.66. The smallest absolute Gasteiger partial charge is 0.303 e. The van der Waals surface area contributed by atoms with E-state index in [9.17, 15) is 15.0 Å². The molecule has 0 radical (unpaired) electrons. The van der Waals surface area contributed by atoms with Crippen molar-refractivity contribution in [2.24, 2.45) is 50.7 Å². The molecule has 45 heavy (non-hydrogen) atoms. The number of nitrogens with zero attached hydrogens (tertiary/aromatic N) is 1. The minimum absolute atomic E-state index is 0.0418. The van der Waals surface area contributed by atoms with Gasteiger partial charge in [0.15, 0.2) is 12.4 Å². The zero-order chi connectivity index (χ0) is 32.5. The Morgan fingerprint density at radius 2 is 1.73 bits per heavy atom. The molecule has 8 nitrogen and oxygen atoms in total. The van der Waals surface area contributed by atoms with Crippen LogP contribution in [0.1, 0.15) is 107 Å². The lowest BCUT2D eigenvalue weighted by Crippen LogP contribution is -2.60. The van der Waals surface area contributed by atoms with Crippen molar-refractivity contribution in [1.29, 1.82) is 0 Å². The maximum atomic E-state index is 12.5. The van der Waals surface area contributed by atoms with Gasteiger partial charge >= 0.3 is 5.97 Å². The summed E-state index contributed by atoms with van der Waals surface area (Å²) in [5.41, 5.74) is -0.869. The first-order valence-electron chi connectivity index (χ1n) is 18.1. The van der Waals surface area contributed by atoms with Crippen molar-refractivity contribution in [3.8, 4) is 0 Å². The van der Waals surface area contributed by atoms with Crippen LogP contribution in [0, 0.1) is 50.7 Å². The molecule has 0 aromatic heterocycles. The molecule has 7 aliphatic rings. The molecular weight excluding hydrogens is 570 g/mol. The summed E-state index contributed by atoms with van der Waals surface area (Å²) in [5, 5.41) is 23.5. The van der Waals surface area contributed by atoms with Gasteiger partial charge in [-0.25, -0.2) is 0 Å².